The molecule has 0 aliphatic carbocycles. The first-order valence-corrected chi connectivity index (χ1v) is 15.0. The third-order valence-corrected chi connectivity index (χ3v) is 8.96. The highest BCUT2D eigenvalue weighted by Gasteiger charge is 2.23. The lowest BCUT2D eigenvalue weighted by molar-refractivity contribution is 0.0996. The molecule has 2 aromatic carbocycles. The van der Waals surface area contributed by atoms with Crippen molar-refractivity contribution in [3.63, 3.8) is 0 Å². The molecular formula is C26H34ClN3O4S2. The molecule has 1 amide bonds. The lowest BCUT2D eigenvalue weighted by Gasteiger charge is -2.22. The number of rotatable bonds is 13. The number of carbonyl (C=O) groups is 1. The molecule has 36 heavy (non-hydrogen) atoms. The van der Waals surface area contributed by atoms with E-state index in [1.807, 2.05) is 43.5 Å². The lowest BCUT2D eigenvalue weighted by Crippen LogP contribution is -2.33. The minimum absolute atomic E-state index is 0.189. The summed E-state index contributed by atoms with van der Waals surface area (Å²) in [5, 5.41) is 0.613. The SMILES string of the molecule is CCCCN(CCCC)S(=O)(=O)c1ccc(C(=O)N=c2sc3cc(Cl)ccc3n2CCOCC)cc1. The van der Waals surface area contributed by atoms with E-state index in [2.05, 4.69) is 4.99 Å². The van der Waals surface area contributed by atoms with Gasteiger partial charge in [-0.15, -0.1) is 0 Å². The number of fused-ring (bicyclic) bond motifs is 1. The fraction of sp³-hybridized carbons (Fsp3) is 0.462. The fourth-order valence-electron chi connectivity index (χ4n) is 3.74. The Morgan fingerprint density at radius 1 is 1.06 bits per heavy atom. The van der Waals surface area contributed by atoms with Crippen LogP contribution in [0.4, 0.5) is 0 Å². The van der Waals surface area contributed by atoms with Gasteiger partial charge in [0.2, 0.25) is 10.0 Å². The second kappa shape index (κ2) is 13.5. The van der Waals surface area contributed by atoms with Gasteiger partial charge in [0.05, 0.1) is 21.7 Å². The smallest absolute Gasteiger partial charge is 0.279 e. The molecule has 3 aromatic rings. The molecule has 0 aliphatic rings. The van der Waals surface area contributed by atoms with Gasteiger partial charge >= 0.3 is 0 Å². The van der Waals surface area contributed by atoms with Crippen molar-refractivity contribution in [1.29, 1.82) is 0 Å². The minimum atomic E-state index is -3.62. The van der Waals surface area contributed by atoms with Crippen LogP contribution in [0, 0.1) is 0 Å². The molecule has 0 aliphatic heterocycles. The van der Waals surface area contributed by atoms with Crippen LogP contribution in [0.2, 0.25) is 5.02 Å². The molecule has 1 heterocycles. The van der Waals surface area contributed by atoms with E-state index in [0.29, 0.717) is 48.2 Å². The largest absolute Gasteiger partial charge is 0.380 e. The first-order valence-electron chi connectivity index (χ1n) is 12.4. The summed E-state index contributed by atoms with van der Waals surface area (Å²) in [7, 11) is -3.62. The van der Waals surface area contributed by atoms with Crippen molar-refractivity contribution in [2.75, 3.05) is 26.3 Å². The number of unbranched alkanes of at least 4 members (excludes halogenated alkanes) is 2. The van der Waals surface area contributed by atoms with Crippen LogP contribution in [0.15, 0.2) is 52.4 Å². The predicted molar refractivity (Wildman–Crippen MR) is 146 cm³/mol. The number of amides is 1. The molecule has 10 heteroatoms. The fourth-order valence-corrected chi connectivity index (χ4v) is 6.59. The Bertz CT molecular complexity index is 1320. The molecule has 1 aromatic heterocycles. The molecule has 0 saturated carbocycles. The number of hydrogen-bond donors (Lipinski definition) is 0. The van der Waals surface area contributed by atoms with E-state index in [9.17, 15) is 13.2 Å². The van der Waals surface area contributed by atoms with Crippen LogP contribution < -0.4 is 4.80 Å². The van der Waals surface area contributed by atoms with Gasteiger partial charge < -0.3 is 9.30 Å². The maximum atomic E-state index is 13.2. The van der Waals surface area contributed by atoms with Gasteiger partial charge in [-0.05, 0) is 62.2 Å². The number of halogens is 1. The first-order chi connectivity index (χ1) is 17.3. The van der Waals surface area contributed by atoms with E-state index in [-0.39, 0.29) is 4.90 Å². The standard InChI is InChI=1S/C26H34ClN3O4S2/c1-4-7-15-29(16-8-5-2)36(32,33)22-12-9-20(10-13-22)25(31)28-26-30(17-18-34-6-3)23-14-11-21(27)19-24(23)35-26/h9-14,19H,4-8,15-18H2,1-3H3. The molecule has 0 unspecified atom stereocenters. The van der Waals surface area contributed by atoms with Crippen LogP contribution in [0.5, 0.6) is 0 Å². The minimum Gasteiger partial charge on any atom is -0.380 e. The van der Waals surface area contributed by atoms with Gasteiger partial charge in [0.15, 0.2) is 4.80 Å². The number of hydrogen-bond acceptors (Lipinski definition) is 5. The van der Waals surface area contributed by atoms with Gasteiger partial charge in [0.25, 0.3) is 5.91 Å². The topological polar surface area (TPSA) is 81.0 Å². The zero-order chi connectivity index (χ0) is 26.1. The highest BCUT2D eigenvalue weighted by molar-refractivity contribution is 7.89. The Morgan fingerprint density at radius 3 is 2.33 bits per heavy atom. The summed E-state index contributed by atoms with van der Waals surface area (Å²) >= 11 is 7.54. The zero-order valence-electron chi connectivity index (χ0n) is 21.1. The Kier molecular flexibility index (Phi) is 10.7. The number of benzene rings is 2. The van der Waals surface area contributed by atoms with Crippen LogP contribution in [0.1, 0.15) is 56.8 Å². The monoisotopic (exact) mass is 551 g/mol. The zero-order valence-corrected chi connectivity index (χ0v) is 23.5. The number of nitrogens with zero attached hydrogens (tertiary/aromatic N) is 3. The van der Waals surface area contributed by atoms with E-state index in [1.54, 1.807) is 4.31 Å². The van der Waals surface area contributed by atoms with Gasteiger partial charge in [-0.25, -0.2) is 8.42 Å². The number of sulfonamides is 1. The summed E-state index contributed by atoms with van der Waals surface area (Å²) in [6.07, 6.45) is 3.45. The summed E-state index contributed by atoms with van der Waals surface area (Å²) in [4.78, 5) is 18.1. The molecule has 196 valence electrons. The Labute approximate surface area is 222 Å². The van der Waals surface area contributed by atoms with Gasteiger partial charge in [0, 0.05) is 36.8 Å². The Morgan fingerprint density at radius 2 is 1.72 bits per heavy atom. The molecule has 0 bridgehead atoms. The van der Waals surface area contributed by atoms with Crippen molar-refractivity contribution in [3.05, 3.63) is 57.9 Å². The molecule has 7 nitrogen and oxygen atoms in total. The van der Waals surface area contributed by atoms with Crippen molar-refractivity contribution in [2.45, 2.75) is 57.9 Å². The number of thiazole rings is 1. The molecule has 0 spiro atoms. The predicted octanol–water partition coefficient (Wildman–Crippen LogP) is 5.72. The highest BCUT2D eigenvalue weighted by atomic mass is 35.5. The molecule has 3 rings (SSSR count). The summed E-state index contributed by atoms with van der Waals surface area (Å²) in [6.45, 7) is 8.64. The van der Waals surface area contributed by atoms with Crippen molar-refractivity contribution in [1.82, 2.24) is 8.87 Å². The third kappa shape index (κ3) is 7.04. The summed E-state index contributed by atoms with van der Waals surface area (Å²) in [6, 6.07) is 11.6. The molecule has 0 saturated heterocycles. The highest BCUT2D eigenvalue weighted by Crippen LogP contribution is 2.22. The maximum absolute atomic E-state index is 13.2. The van der Waals surface area contributed by atoms with Crippen molar-refractivity contribution in [2.24, 2.45) is 4.99 Å². The van der Waals surface area contributed by atoms with Crippen LogP contribution in [-0.2, 0) is 21.3 Å². The summed E-state index contributed by atoms with van der Waals surface area (Å²) in [5.74, 6) is -0.435. The maximum Gasteiger partial charge on any atom is 0.279 e. The van der Waals surface area contributed by atoms with E-state index < -0.39 is 15.9 Å². The van der Waals surface area contributed by atoms with E-state index >= 15 is 0 Å². The normalized spacial score (nSPS) is 12.6. The van der Waals surface area contributed by atoms with Gasteiger partial charge in [-0.2, -0.15) is 9.30 Å². The van der Waals surface area contributed by atoms with Crippen LogP contribution in [-0.4, -0.2) is 49.5 Å². The van der Waals surface area contributed by atoms with Crippen molar-refractivity contribution in [3.8, 4) is 0 Å². The molecule has 0 radical (unpaired) electrons. The summed E-state index contributed by atoms with van der Waals surface area (Å²) in [5.41, 5.74) is 1.26. The first kappa shape index (κ1) is 28.5. The van der Waals surface area contributed by atoms with Gasteiger partial charge in [-0.3, -0.25) is 4.79 Å². The number of carbonyl (C=O) groups excluding carboxylic acids is 1. The Balaban J connectivity index is 1.90. The number of aromatic nitrogens is 1. The molecular weight excluding hydrogens is 518 g/mol. The van der Waals surface area contributed by atoms with Gasteiger partial charge in [-0.1, -0.05) is 49.6 Å². The van der Waals surface area contributed by atoms with Crippen LogP contribution in [0.3, 0.4) is 0 Å². The quantitative estimate of drug-likeness (QED) is 0.254. The third-order valence-electron chi connectivity index (χ3n) is 5.77. The van der Waals surface area contributed by atoms with E-state index in [0.717, 1.165) is 35.9 Å². The van der Waals surface area contributed by atoms with Gasteiger partial charge in [0.1, 0.15) is 0 Å². The second-order valence-electron chi connectivity index (χ2n) is 8.40. The van der Waals surface area contributed by atoms with Crippen LogP contribution >= 0.6 is 22.9 Å². The van der Waals surface area contributed by atoms with Crippen molar-refractivity contribution >= 4 is 49.1 Å². The van der Waals surface area contributed by atoms with E-state index in [4.69, 9.17) is 16.3 Å². The van der Waals surface area contributed by atoms with E-state index in [1.165, 1.54) is 35.6 Å². The molecule has 0 atom stereocenters. The Hall–Kier alpha value is -2.04. The van der Waals surface area contributed by atoms with Crippen LogP contribution in [0.25, 0.3) is 10.2 Å². The second-order valence-corrected chi connectivity index (χ2v) is 11.8. The van der Waals surface area contributed by atoms with Crippen molar-refractivity contribution < 1.29 is 17.9 Å². The summed E-state index contributed by atoms with van der Waals surface area (Å²) < 4.78 is 36.3. The number of ether oxygens (including phenoxy) is 1. The lowest BCUT2D eigenvalue weighted by atomic mass is 10.2. The molecule has 0 fully saturated rings. The average molecular weight is 552 g/mol. The average Bonchev–Trinajstić information content (AvgIpc) is 3.19. The molecule has 0 N–H and O–H groups in total.